The quantitative estimate of drug-likeness (QED) is 0.927. The van der Waals surface area contributed by atoms with Gasteiger partial charge in [0.1, 0.15) is 10.7 Å². The molecule has 3 nitrogen and oxygen atoms in total. The van der Waals surface area contributed by atoms with Crippen molar-refractivity contribution < 1.29 is 14.3 Å². The minimum Gasteiger partial charge on any atom is -0.477 e. The van der Waals surface area contributed by atoms with Crippen LogP contribution in [-0.4, -0.2) is 28.1 Å². The second-order valence-electron chi connectivity index (χ2n) is 6.17. The molecule has 1 N–H and O–H groups in total. The van der Waals surface area contributed by atoms with Crippen LogP contribution in [0.2, 0.25) is 0 Å². The van der Waals surface area contributed by atoms with Gasteiger partial charge < -0.3 is 5.11 Å². The topological polar surface area (TPSA) is 40.5 Å². The molecule has 2 heterocycles. The predicted molar refractivity (Wildman–Crippen MR) is 82.5 cm³/mol. The van der Waals surface area contributed by atoms with Crippen molar-refractivity contribution in [3.8, 4) is 0 Å². The Kier molecular flexibility index (Phi) is 3.50. The fraction of sp³-hybridized carbons (Fsp3) is 0.438. The molecule has 1 saturated heterocycles. The van der Waals surface area contributed by atoms with Gasteiger partial charge in [0.25, 0.3) is 0 Å². The van der Waals surface area contributed by atoms with Crippen LogP contribution in [0.5, 0.6) is 0 Å². The van der Waals surface area contributed by atoms with Crippen molar-refractivity contribution in [2.45, 2.75) is 38.8 Å². The number of hydrogen-bond donors (Lipinski definition) is 1. The maximum Gasteiger partial charge on any atom is 0.346 e. The van der Waals surface area contributed by atoms with Crippen molar-refractivity contribution in [3.63, 3.8) is 0 Å². The summed E-state index contributed by atoms with van der Waals surface area (Å²) in [4.78, 5) is 14.0. The average molecular weight is 307 g/mol. The SMILES string of the molecule is CC1(C)CCCN1Cc1c(C(=O)O)sc2cccc(F)c12. The highest BCUT2D eigenvalue weighted by molar-refractivity contribution is 7.21. The second-order valence-corrected chi connectivity index (χ2v) is 7.22. The summed E-state index contributed by atoms with van der Waals surface area (Å²) in [7, 11) is 0. The lowest BCUT2D eigenvalue weighted by molar-refractivity contribution is 0.0698. The van der Waals surface area contributed by atoms with Crippen molar-refractivity contribution in [2.24, 2.45) is 0 Å². The lowest BCUT2D eigenvalue weighted by Gasteiger charge is -2.31. The van der Waals surface area contributed by atoms with Crippen LogP contribution in [0.3, 0.4) is 0 Å². The van der Waals surface area contributed by atoms with Gasteiger partial charge in [0, 0.05) is 27.7 Å². The number of hydrogen-bond acceptors (Lipinski definition) is 3. The van der Waals surface area contributed by atoms with E-state index < -0.39 is 5.97 Å². The van der Waals surface area contributed by atoms with Gasteiger partial charge in [-0.25, -0.2) is 9.18 Å². The lowest BCUT2D eigenvalue weighted by Crippen LogP contribution is -2.37. The molecule has 0 radical (unpaired) electrons. The highest BCUT2D eigenvalue weighted by atomic mass is 32.1. The first kappa shape index (κ1) is 14.5. The summed E-state index contributed by atoms with van der Waals surface area (Å²) in [6, 6.07) is 4.82. The van der Waals surface area contributed by atoms with Gasteiger partial charge in [-0.05, 0) is 45.4 Å². The Morgan fingerprint density at radius 2 is 2.24 bits per heavy atom. The molecule has 0 atom stereocenters. The van der Waals surface area contributed by atoms with Gasteiger partial charge >= 0.3 is 5.97 Å². The fourth-order valence-electron chi connectivity index (χ4n) is 3.14. The molecule has 1 aromatic heterocycles. The smallest absolute Gasteiger partial charge is 0.346 e. The first-order chi connectivity index (χ1) is 9.90. The first-order valence-electron chi connectivity index (χ1n) is 7.08. The van der Waals surface area contributed by atoms with Crippen LogP contribution in [0, 0.1) is 5.82 Å². The molecule has 1 fully saturated rings. The first-order valence-corrected chi connectivity index (χ1v) is 7.90. The number of thiophene rings is 1. The Balaban J connectivity index is 2.11. The van der Waals surface area contributed by atoms with Crippen molar-refractivity contribution in [1.29, 1.82) is 0 Å². The van der Waals surface area contributed by atoms with Crippen molar-refractivity contribution in [2.75, 3.05) is 6.54 Å². The number of carboxylic acids is 1. The minimum absolute atomic E-state index is 0.0370. The highest BCUT2D eigenvalue weighted by Gasteiger charge is 2.33. The maximum absolute atomic E-state index is 14.2. The van der Waals surface area contributed by atoms with Crippen LogP contribution in [0.15, 0.2) is 18.2 Å². The Hall–Kier alpha value is -1.46. The molecule has 0 amide bonds. The van der Waals surface area contributed by atoms with Gasteiger partial charge in [0.15, 0.2) is 0 Å². The Bertz CT molecular complexity index is 708. The molecule has 0 spiro atoms. The van der Waals surface area contributed by atoms with E-state index in [1.807, 2.05) is 0 Å². The molecular formula is C16H18FNO2S. The molecule has 0 saturated carbocycles. The van der Waals surface area contributed by atoms with Crippen LogP contribution < -0.4 is 0 Å². The van der Waals surface area contributed by atoms with E-state index in [-0.39, 0.29) is 16.2 Å². The zero-order chi connectivity index (χ0) is 15.2. The summed E-state index contributed by atoms with van der Waals surface area (Å²) in [5, 5.41) is 9.91. The van der Waals surface area contributed by atoms with Crippen LogP contribution in [0.4, 0.5) is 4.39 Å². The molecule has 21 heavy (non-hydrogen) atoms. The fourth-order valence-corrected chi connectivity index (χ4v) is 4.20. The number of carboxylic acid groups (broad SMARTS) is 1. The Morgan fingerprint density at radius 1 is 1.48 bits per heavy atom. The number of halogens is 1. The summed E-state index contributed by atoms with van der Waals surface area (Å²) in [6.07, 6.45) is 2.18. The van der Waals surface area contributed by atoms with Gasteiger partial charge in [-0.3, -0.25) is 4.90 Å². The third kappa shape index (κ3) is 2.45. The molecule has 5 heteroatoms. The Morgan fingerprint density at radius 3 is 2.86 bits per heavy atom. The molecule has 1 aliphatic heterocycles. The second kappa shape index (κ2) is 5.07. The van der Waals surface area contributed by atoms with E-state index in [2.05, 4.69) is 18.7 Å². The molecule has 0 aliphatic carbocycles. The summed E-state index contributed by atoms with van der Waals surface area (Å²) in [5.74, 6) is -1.30. The molecule has 3 rings (SSSR count). The number of benzene rings is 1. The lowest BCUT2D eigenvalue weighted by atomic mass is 10.0. The number of aromatic carboxylic acids is 1. The zero-order valence-electron chi connectivity index (χ0n) is 12.1. The number of likely N-dealkylation sites (tertiary alicyclic amines) is 1. The summed E-state index contributed by atoms with van der Waals surface area (Å²) in [5.41, 5.74) is 0.658. The summed E-state index contributed by atoms with van der Waals surface area (Å²) in [6.45, 7) is 5.74. The molecule has 1 aliphatic rings. The summed E-state index contributed by atoms with van der Waals surface area (Å²) < 4.78 is 14.9. The Labute approximate surface area is 127 Å². The average Bonchev–Trinajstić information content (AvgIpc) is 2.92. The van der Waals surface area contributed by atoms with Gasteiger partial charge in [0.05, 0.1) is 0 Å². The van der Waals surface area contributed by atoms with E-state index in [0.29, 0.717) is 22.2 Å². The molecule has 2 aromatic rings. The molecule has 1 aromatic carbocycles. The maximum atomic E-state index is 14.2. The monoisotopic (exact) mass is 307 g/mol. The van der Waals surface area contributed by atoms with Crippen molar-refractivity contribution in [3.05, 3.63) is 34.5 Å². The van der Waals surface area contributed by atoms with Crippen LogP contribution in [0.25, 0.3) is 10.1 Å². The van der Waals surface area contributed by atoms with Crippen LogP contribution in [0.1, 0.15) is 41.9 Å². The van der Waals surface area contributed by atoms with E-state index in [9.17, 15) is 14.3 Å². The van der Waals surface area contributed by atoms with Gasteiger partial charge in [-0.15, -0.1) is 11.3 Å². The van der Waals surface area contributed by atoms with E-state index in [0.717, 1.165) is 30.7 Å². The highest BCUT2D eigenvalue weighted by Crippen LogP contribution is 2.37. The van der Waals surface area contributed by atoms with E-state index in [1.54, 1.807) is 12.1 Å². The summed E-state index contributed by atoms with van der Waals surface area (Å²) >= 11 is 1.16. The van der Waals surface area contributed by atoms with E-state index >= 15 is 0 Å². The van der Waals surface area contributed by atoms with Gasteiger partial charge in [-0.1, -0.05) is 6.07 Å². The minimum atomic E-state index is -0.970. The number of nitrogens with zero attached hydrogens (tertiary/aromatic N) is 1. The number of carbonyl (C=O) groups is 1. The van der Waals surface area contributed by atoms with Crippen molar-refractivity contribution >= 4 is 27.4 Å². The molecular weight excluding hydrogens is 289 g/mol. The van der Waals surface area contributed by atoms with E-state index in [4.69, 9.17) is 0 Å². The van der Waals surface area contributed by atoms with Gasteiger partial charge in [-0.2, -0.15) is 0 Å². The predicted octanol–water partition coefficient (Wildman–Crippen LogP) is 4.11. The third-order valence-electron chi connectivity index (χ3n) is 4.38. The largest absolute Gasteiger partial charge is 0.477 e. The third-order valence-corrected chi connectivity index (χ3v) is 5.56. The normalized spacial score (nSPS) is 18.4. The molecule has 0 bridgehead atoms. The number of fused-ring (bicyclic) bond motifs is 1. The number of rotatable bonds is 3. The van der Waals surface area contributed by atoms with Crippen molar-refractivity contribution in [1.82, 2.24) is 4.90 Å². The van der Waals surface area contributed by atoms with E-state index in [1.165, 1.54) is 6.07 Å². The standard InChI is InChI=1S/C16H18FNO2S/c1-16(2)7-4-8-18(16)9-10-13-11(17)5-3-6-12(13)21-14(10)15(19)20/h3,5-6H,4,7-9H2,1-2H3,(H,19,20). The molecule has 112 valence electrons. The van der Waals surface area contributed by atoms with Crippen LogP contribution in [-0.2, 0) is 6.54 Å². The molecule has 0 unspecified atom stereocenters. The van der Waals surface area contributed by atoms with Gasteiger partial charge in [0.2, 0.25) is 0 Å². The zero-order valence-corrected chi connectivity index (χ0v) is 13.0. The van der Waals surface area contributed by atoms with Crippen LogP contribution >= 0.6 is 11.3 Å².